The molecule has 1 amide bonds. The monoisotopic (exact) mass is 337 g/mol. The summed E-state index contributed by atoms with van der Waals surface area (Å²) in [7, 11) is 0. The first kappa shape index (κ1) is 18.2. The zero-order chi connectivity index (χ0) is 16.8. The maximum absolute atomic E-state index is 12.4. The molecule has 1 aliphatic heterocycles. The first-order chi connectivity index (χ1) is 11.7. The molecule has 0 aromatic carbocycles. The summed E-state index contributed by atoms with van der Waals surface area (Å²) in [5.74, 6) is 0.607. The number of nitrogens with two attached hydrogens (primary N) is 1. The van der Waals surface area contributed by atoms with E-state index in [1.807, 2.05) is 0 Å². The Labute approximate surface area is 146 Å². The number of rotatable bonds is 6. The van der Waals surface area contributed by atoms with Crippen LogP contribution < -0.4 is 11.1 Å². The molecule has 3 N–H and O–H groups in total. The SMILES string of the molecule is N[C@@H]1CCC[C@H]1CC(=O)NCC1(CN2CCOCC2)CCCCC1. The smallest absolute Gasteiger partial charge is 0.220 e. The van der Waals surface area contributed by atoms with Gasteiger partial charge in [-0.2, -0.15) is 0 Å². The fourth-order valence-corrected chi connectivity index (χ4v) is 4.84. The third kappa shape index (κ3) is 4.93. The molecule has 0 aromatic heterocycles. The van der Waals surface area contributed by atoms with Crippen LogP contribution in [0.25, 0.3) is 0 Å². The summed E-state index contributed by atoms with van der Waals surface area (Å²) in [5, 5.41) is 3.28. The Bertz CT molecular complexity index is 403. The van der Waals surface area contributed by atoms with Crippen LogP contribution in [0.3, 0.4) is 0 Å². The summed E-state index contributed by atoms with van der Waals surface area (Å²) < 4.78 is 5.48. The number of morpholine rings is 1. The van der Waals surface area contributed by atoms with Crippen molar-refractivity contribution in [3.05, 3.63) is 0 Å². The van der Waals surface area contributed by atoms with Crippen LogP contribution in [0, 0.1) is 11.3 Å². The van der Waals surface area contributed by atoms with E-state index in [0.717, 1.165) is 52.2 Å². The highest BCUT2D eigenvalue weighted by molar-refractivity contribution is 5.76. The van der Waals surface area contributed by atoms with Gasteiger partial charge in [-0.05, 0) is 31.6 Å². The normalized spacial score (nSPS) is 31.0. The lowest BCUT2D eigenvalue weighted by atomic mass is 9.73. The second kappa shape index (κ2) is 8.63. The van der Waals surface area contributed by atoms with E-state index in [9.17, 15) is 4.79 Å². The average molecular weight is 338 g/mol. The van der Waals surface area contributed by atoms with Gasteiger partial charge in [0.25, 0.3) is 0 Å². The molecular formula is C19H35N3O2. The van der Waals surface area contributed by atoms with Gasteiger partial charge in [-0.25, -0.2) is 0 Å². The summed E-state index contributed by atoms with van der Waals surface area (Å²) >= 11 is 0. The van der Waals surface area contributed by atoms with Gasteiger partial charge in [-0.3, -0.25) is 9.69 Å². The Morgan fingerprint density at radius 2 is 1.88 bits per heavy atom. The van der Waals surface area contributed by atoms with Crippen LogP contribution in [0.4, 0.5) is 0 Å². The van der Waals surface area contributed by atoms with Gasteiger partial charge in [0.1, 0.15) is 0 Å². The van der Waals surface area contributed by atoms with E-state index in [0.29, 0.717) is 12.3 Å². The van der Waals surface area contributed by atoms with Gasteiger partial charge in [0.05, 0.1) is 13.2 Å². The number of hydrogen-bond acceptors (Lipinski definition) is 4. The number of ether oxygens (including phenoxy) is 1. The third-order valence-electron chi connectivity index (χ3n) is 6.40. The summed E-state index contributed by atoms with van der Waals surface area (Å²) in [6.07, 6.45) is 10.4. The van der Waals surface area contributed by atoms with Crippen LogP contribution in [0.15, 0.2) is 0 Å². The second-order valence-electron chi connectivity index (χ2n) is 8.28. The molecular weight excluding hydrogens is 302 g/mol. The molecule has 0 bridgehead atoms. The van der Waals surface area contributed by atoms with E-state index in [-0.39, 0.29) is 17.4 Å². The minimum atomic E-state index is 0.212. The Kier molecular flexibility index (Phi) is 6.53. The molecule has 5 heteroatoms. The summed E-state index contributed by atoms with van der Waals surface area (Å²) in [6.45, 7) is 5.72. The highest BCUT2D eigenvalue weighted by Gasteiger charge is 2.35. The Balaban J connectivity index is 1.50. The van der Waals surface area contributed by atoms with Crippen molar-refractivity contribution in [2.75, 3.05) is 39.4 Å². The lowest BCUT2D eigenvalue weighted by molar-refractivity contribution is -0.122. The van der Waals surface area contributed by atoms with Crippen molar-refractivity contribution >= 4 is 5.91 Å². The standard InChI is InChI=1S/C19H35N3O2/c20-17-6-4-5-16(17)13-18(23)21-14-19(7-2-1-3-8-19)15-22-9-11-24-12-10-22/h16-17H,1-15,20H2,(H,21,23)/t16-,17+/m0/s1. The minimum Gasteiger partial charge on any atom is -0.379 e. The van der Waals surface area contributed by atoms with Crippen molar-refractivity contribution in [3.8, 4) is 0 Å². The van der Waals surface area contributed by atoms with Crippen LogP contribution in [0.2, 0.25) is 0 Å². The van der Waals surface area contributed by atoms with Gasteiger partial charge in [-0.15, -0.1) is 0 Å². The molecule has 2 aliphatic carbocycles. The fraction of sp³-hybridized carbons (Fsp3) is 0.947. The largest absolute Gasteiger partial charge is 0.379 e. The lowest BCUT2D eigenvalue weighted by Crippen LogP contribution is -2.49. The van der Waals surface area contributed by atoms with Gasteiger partial charge in [0.2, 0.25) is 5.91 Å². The predicted octanol–water partition coefficient (Wildman–Crippen LogP) is 1.90. The summed E-state index contributed by atoms with van der Waals surface area (Å²) in [4.78, 5) is 15.0. The average Bonchev–Trinajstić information content (AvgIpc) is 3.00. The predicted molar refractivity (Wildman–Crippen MR) is 95.7 cm³/mol. The molecule has 24 heavy (non-hydrogen) atoms. The summed E-state index contributed by atoms with van der Waals surface area (Å²) in [6, 6.07) is 0.229. The highest BCUT2D eigenvalue weighted by atomic mass is 16.5. The van der Waals surface area contributed by atoms with Crippen molar-refractivity contribution in [3.63, 3.8) is 0 Å². The zero-order valence-electron chi connectivity index (χ0n) is 15.1. The van der Waals surface area contributed by atoms with Gasteiger partial charge >= 0.3 is 0 Å². The summed E-state index contributed by atoms with van der Waals surface area (Å²) in [5.41, 5.74) is 6.38. The van der Waals surface area contributed by atoms with Crippen LogP contribution in [-0.2, 0) is 9.53 Å². The molecule has 2 atom stereocenters. The van der Waals surface area contributed by atoms with E-state index in [1.165, 1.54) is 38.5 Å². The Morgan fingerprint density at radius 1 is 1.12 bits per heavy atom. The first-order valence-corrected chi connectivity index (χ1v) is 9.99. The molecule has 2 saturated carbocycles. The van der Waals surface area contributed by atoms with E-state index < -0.39 is 0 Å². The molecule has 1 heterocycles. The van der Waals surface area contributed by atoms with Gasteiger partial charge in [0, 0.05) is 44.1 Å². The Hall–Kier alpha value is -0.650. The highest BCUT2D eigenvalue weighted by Crippen LogP contribution is 2.37. The molecule has 0 aromatic rings. The van der Waals surface area contributed by atoms with Crippen LogP contribution in [-0.4, -0.2) is 56.2 Å². The van der Waals surface area contributed by atoms with E-state index in [2.05, 4.69) is 10.2 Å². The van der Waals surface area contributed by atoms with Crippen molar-refractivity contribution in [2.45, 2.75) is 63.8 Å². The topological polar surface area (TPSA) is 67.6 Å². The minimum absolute atomic E-state index is 0.212. The molecule has 138 valence electrons. The van der Waals surface area contributed by atoms with Crippen molar-refractivity contribution in [2.24, 2.45) is 17.1 Å². The molecule has 3 fully saturated rings. The molecule has 0 radical (unpaired) electrons. The van der Waals surface area contributed by atoms with Gasteiger partial charge in [0.15, 0.2) is 0 Å². The molecule has 0 unspecified atom stereocenters. The Morgan fingerprint density at radius 3 is 2.54 bits per heavy atom. The molecule has 1 saturated heterocycles. The molecule has 3 aliphatic rings. The maximum atomic E-state index is 12.4. The van der Waals surface area contributed by atoms with E-state index >= 15 is 0 Å². The van der Waals surface area contributed by atoms with Crippen LogP contribution in [0.1, 0.15) is 57.8 Å². The van der Waals surface area contributed by atoms with Crippen molar-refractivity contribution < 1.29 is 9.53 Å². The molecule has 5 nitrogen and oxygen atoms in total. The zero-order valence-corrected chi connectivity index (χ0v) is 15.1. The van der Waals surface area contributed by atoms with Crippen LogP contribution >= 0.6 is 0 Å². The number of carbonyl (C=O) groups excluding carboxylic acids is 1. The third-order valence-corrected chi connectivity index (χ3v) is 6.40. The number of hydrogen-bond donors (Lipinski definition) is 2. The van der Waals surface area contributed by atoms with Gasteiger partial charge < -0.3 is 15.8 Å². The van der Waals surface area contributed by atoms with E-state index in [1.54, 1.807) is 0 Å². The maximum Gasteiger partial charge on any atom is 0.220 e. The number of carbonyl (C=O) groups is 1. The number of nitrogens with one attached hydrogen (secondary N) is 1. The fourth-order valence-electron chi connectivity index (χ4n) is 4.84. The van der Waals surface area contributed by atoms with E-state index in [4.69, 9.17) is 10.5 Å². The quantitative estimate of drug-likeness (QED) is 0.777. The van der Waals surface area contributed by atoms with Crippen molar-refractivity contribution in [1.82, 2.24) is 10.2 Å². The van der Waals surface area contributed by atoms with Gasteiger partial charge in [-0.1, -0.05) is 25.7 Å². The lowest BCUT2D eigenvalue weighted by Gasteiger charge is -2.42. The van der Waals surface area contributed by atoms with Crippen molar-refractivity contribution in [1.29, 1.82) is 0 Å². The number of amides is 1. The van der Waals surface area contributed by atoms with Crippen LogP contribution in [0.5, 0.6) is 0 Å². The second-order valence-corrected chi connectivity index (χ2v) is 8.28. The first-order valence-electron chi connectivity index (χ1n) is 9.99. The number of nitrogens with zero attached hydrogens (tertiary/aromatic N) is 1. The molecule has 0 spiro atoms. The molecule has 3 rings (SSSR count).